The molecule has 2 N–H and O–H groups in total. The van der Waals surface area contributed by atoms with Gasteiger partial charge in [-0.1, -0.05) is 54.6 Å². The van der Waals surface area contributed by atoms with Crippen molar-refractivity contribution in [2.45, 2.75) is 11.6 Å². The number of benzene rings is 2. The molecule has 5 nitrogen and oxygen atoms in total. The highest BCUT2D eigenvalue weighted by molar-refractivity contribution is 5.77. The van der Waals surface area contributed by atoms with Gasteiger partial charge in [0.05, 0.1) is 0 Å². The normalized spacial score (nSPS) is 23.0. The molecule has 0 saturated heterocycles. The van der Waals surface area contributed by atoms with Crippen LogP contribution >= 0.6 is 0 Å². The third kappa shape index (κ3) is 2.96. The fourth-order valence-corrected chi connectivity index (χ4v) is 2.42. The van der Waals surface area contributed by atoms with Crippen molar-refractivity contribution in [3.8, 4) is 11.8 Å². The molecular weight excluding hydrogens is 302 g/mol. The summed E-state index contributed by atoms with van der Waals surface area (Å²) >= 11 is 0. The highest BCUT2D eigenvalue weighted by Crippen LogP contribution is 2.33. The van der Waals surface area contributed by atoms with Crippen molar-refractivity contribution in [3.63, 3.8) is 0 Å². The Morgan fingerprint density at radius 3 is 2.46 bits per heavy atom. The molecule has 0 heterocycles. The monoisotopic (exact) mass is 317 g/mol. The molecular formula is C19H15N3O2. The lowest BCUT2D eigenvalue weighted by Gasteiger charge is -2.25. The first-order chi connectivity index (χ1) is 11.6. The maximum Gasteiger partial charge on any atom is 0.215 e. The summed E-state index contributed by atoms with van der Waals surface area (Å²) in [5.41, 5.74) is 0.391. The standard InChI is InChI=1S/C19H15N3O2/c20-13-19(22-21-16-8-4-5-9-17(16)23)12-15(10-11-18(19)24)14-6-2-1-3-7-14/h1-12,18,23-24H. The number of nitrogens with zero attached hydrogens (tertiary/aromatic N) is 3. The Hall–Kier alpha value is -3.23. The van der Waals surface area contributed by atoms with Crippen LogP contribution in [0.5, 0.6) is 5.75 Å². The van der Waals surface area contributed by atoms with E-state index in [2.05, 4.69) is 10.2 Å². The summed E-state index contributed by atoms with van der Waals surface area (Å²) in [6.45, 7) is 0. The van der Waals surface area contributed by atoms with E-state index in [4.69, 9.17) is 0 Å². The van der Waals surface area contributed by atoms with Crippen LogP contribution < -0.4 is 0 Å². The number of azo groups is 1. The summed E-state index contributed by atoms with van der Waals surface area (Å²) in [6, 6.07) is 18.0. The molecule has 0 aliphatic heterocycles. The quantitative estimate of drug-likeness (QED) is 0.845. The van der Waals surface area contributed by atoms with Gasteiger partial charge in [0, 0.05) is 0 Å². The van der Waals surface area contributed by atoms with E-state index in [0.717, 1.165) is 11.1 Å². The molecule has 24 heavy (non-hydrogen) atoms. The molecule has 0 amide bonds. The zero-order valence-corrected chi connectivity index (χ0v) is 12.7. The van der Waals surface area contributed by atoms with Gasteiger partial charge in [0.15, 0.2) is 0 Å². The van der Waals surface area contributed by atoms with Gasteiger partial charge in [-0.25, -0.2) is 0 Å². The number of aromatic hydroxyl groups is 1. The largest absolute Gasteiger partial charge is 0.506 e. The summed E-state index contributed by atoms with van der Waals surface area (Å²) in [7, 11) is 0. The third-order valence-corrected chi connectivity index (χ3v) is 3.78. The predicted octanol–water partition coefficient (Wildman–Crippen LogP) is 3.75. The molecule has 1 aliphatic rings. The van der Waals surface area contributed by atoms with Crippen LogP contribution in [0.15, 0.2) is 83.1 Å². The van der Waals surface area contributed by atoms with Crippen molar-refractivity contribution in [2.75, 3.05) is 0 Å². The molecule has 2 unspecified atom stereocenters. The number of phenolic OH excluding ortho intramolecular Hbond substituents is 1. The first-order valence-corrected chi connectivity index (χ1v) is 7.41. The van der Waals surface area contributed by atoms with Crippen molar-refractivity contribution in [2.24, 2.45) is 10.2 Å². The Balaban J connectivity index is 2.01. The number of rotatable bonds is 3. The average molecular weight is 317 g/mol. The van der Waals surface area contributed by atoms with E-state index in [1.807, 2.05) is 36.4 Å². The van der Waals surface area contributed by atoms with E-state index >= 15 is 0 Å². The summed E-state index contributed by atoms with van der Waals surface area (Å²) in [5, 5.41) is 37.7. The van der Waals surface area contributed by atoms with Crippen molar-refractivity contribution >= 4 is 11.3 Å². The topological polar surface area (TPSA) is 89.0 Å². The highest BCUT2D eigenvalue weighted by atomic mass is 16.3. The fourth-order valence-electron chi connectivity index (χ4n) is 2.42. The zero-order chi connectivity index (χ0) is 17.0. The number of hydrogen-bond donors (Lipinski definition) is 2. The Bertz CT molecular complexity index is 866. The van der Waals surface area contributed by atoms with Gasteiger partial charge >= 0.3 is 0 Å². The zero-order valence-electron chi connectivity index (χ0n) is 12.7. The van der Waals surface area contributed by atoms with E-state index in [1.54, 1.807) is 30.4 Å². The number of phenols is 1. The van der Waals surface area contributed by atoms with Gasteiger partial charge in [-0.05, 0) is 29.3 Å². The number of para-hydroxylation sites is 1. The van der Waals surface area contributed by atoms with Gasteiger partial charge in [0.2, 0.25) is 5.54 Å². The van der Waals surface area contributed by atoms with Crippen LogP contribution in [-0.4, -0.2) is 21.9 Å². The number of aliphatic hydroxyl groups excluding tert-OH is 1. The summed E-state index contributed by atoms with van der Waals surface area (Å²) < 4.78 is 0. The summed E-state index contributed by atoms with van der Waals surface area (Å²) in [4.78, 5) is 0. The molecule has 0 fully saturated rings. The van der Waals surface area contributed by atoms with Crippen LogP contribution in [0.25, 0.3) is 5.57 Å². The van der Waals surface area contributed by atoms with Crippen LogP contribution in [0.3, 0.4) is 0 Å². The first kappa shape index (κ1) is 15.7. The number of hydrogen-bond acceptors (Lipinski definition) is 5. The van der Waals surface area contributed by atoms with Crippen LogP contribution in [0.4, 0.5) is 5.69 Å². The van der Waals surface area contributed by atoms with Crippen molar-refractivity contribution in [1.29, 1.82) is 5.26 Å². The Labute approximate surface area is 139 Å². The molecule has 0 spiro atoms. The molecule has 0 saturated carbocycles. The molecule has 118 valence electrons. The van der Waals surface area contributed by atoms with Crippen LogP contribution in [0.1, 0.15) is 5.56 Å². The van der Waals surface area contributed by atoms with E-state index < -0.39 is 11.6 Å². The fraction of sp³-hybridized carbons (Fsp3) is 0.105. The minimum absolute atomic E-state index is 0.0394. The minimum atomic E-state index is -1.54. The van der Waals surface area contributed by atoms with Gasteiger partial charge in [0.1, 0.15) is 23.6 Å². The lowest BCUT2D eigenvalue weighted by Crippen LogP contribution is -2.37. The minimum Gasteiger partial charge on any atom is -0.506 e. The first-order valence-electron chi connectivity index (χ1n) is 7.41. The third-order valence-electron chi connectivity index (χ3n) is 3.78. The predicted molar refractivity (Wildman–Crippen MR) is 90.5 cm³/mol. The van der Waals surface area contributed by atoms with Crippen molar-refractivity contribution in [1.82, 2.24) is 0 Å². The van der Waals surface area contributed by atoms with E-state index in [-0.39, 0.29) is 11.4 Å². The van der Waals surface area contributed by atoms with E-state index in [0.29, 0.717) is 0 Å². The van der Waals surface area contributed by atoms with E-state index in [1.165, 1.54) is 12.1 Å². The second-order valence-corrected chi connectivity index (χ2v) is 5.40. The smallest absolute Gasteiger partial charge is 0.215 e. The van der Waals surface area contributed by atoms with Crippen molar-refractivity contribution < 1.29 is 10.2 Å². The van der Waals surface area contributed by atoms with Crippen LogP contribution in [-0.2, 0) is 0 Å². The number of nitriles is 1. The SMILES string of the molecule is N#CC1(N=Nc2ccccc2O)C=C(c2ccccc2)C=CC1O. The Morgan fingerprint density at radius 1 is 1.04 bits per heavy atom. The number of allylic oxidation sites excluding steroid dienone is 2. The molecule has 1 aliphatic carbocycles. The van der Waals surface area contributed by atoms with Gasteiger partial charge in [-0.2, -0.15) is 15.5 Å². The maximum absolute atomic E-state index is 10.3. The molecule has 2 aromatic rings. The summed E-state index contributed by atoms with van der Waals surface area (Å²) in [5.74, 6) is -0.0394. The number of aliphatic hydroxyl groups is 1. The molecule has 3 rings (SSSR count). The van der Waals surface area contributed by atoms with Gasteiger partial charge in [-0.3, -0.25) is 0 Å². The van der Waals surface area contributed by atoms with Gasteiger partial charge < -0.3 is 10.2 Å². The maximum atomic E-state index is 10.3. The van der Waals surface area contributed by atoms with Gasteiger partial charge in [0.25, 0.3) is 0 Å². The second kappa shape index (κ2) is 6.49. The molecule has 0 bridgehead atoms. The van der Waals surface area contributed by atoms with Crippen LogP contribution in [0.2, 0.25) is 0 Å². The molecule has 0 aromatic heterocycles. The summed E-state index contributed by atoms with van der Waals surface area (Å²) in [6.07, 6.45) is 3.75. The van der Waals surface area contributed by atoms with Gasteiger partial charge in [-0.15, -0.1) is 0 Å². The van der Waals surface area contributed by atoms with Crippen molar-refractivity contribution in [3.05, 3.63) is 78.4 Å². The van der Waals surface area contributed by atoms with Crippen LogP contribution in [0, 0.1) is 11.3 Å². The molecule has 5 heteroatoms. The Kier molecular flexibility index (Phi) is 4.23. The lowest BCUT2D eigenvalue weighted by atomic mass is 9.85. The Morgan fingerprint density at radius 2 is 1.75 bits per heavy atom. The van der Waals surface area contributed by atoms with E-state index in [9.17, 15) is 15.5 Å². The second-order valence-electron chi connectivity index (χ2n) is 5.40. The average Bonchev–Trinajstić information content (AvgIpc) is 2.63. The lowest BCUT2D eigenvalue weighted by molar-refractivity contribution is 0.177. The molecule has 2 atom stereocenters. The highest BCUT2D eigenvalue weighted by Gasteiger charge is 2.38. The molecule has 2 aromatic carbocycles. The molecule has 0 radical (unpaired) electrons.